The minimum Gasteiger partial charge on any atom is -0.342 e. The summed E-state index contributed by atoms with van der Waals surface area (Å²) in [5.41, 5.74) is 4.14. The maximum atomic E-state index is 6.52. The van der Waals surface area contributed by atoms with Crippen LogP contribution in [0.15, 0.2) is 30.6 Å². The Morgan fingerprint density at radius 2 is 1.97 bits per heavy atom. The molecule has 7 heteroatoms. The number of hydrogen-bond acceptors (Lipinski definition) is 4. The van der Waals surface area contributed by atoms with Crippen molar-refractivity contribution in [3.8, 4) is 11.1 Å². The number of nitrogens with zero attached hydrogens (tertiary/aromatic N) is 4. The Bertz CT molecular complexity index is 1080. The van der Waals surface area contributed by atoms with Gasteiger partial charge in [0.25, 0.3) is 0 Å². The second-order valence-corrected chi connectivity index (χ2v) is 9.54. The summed E-state index contributed by atoms with van der Waals surface area (Å²) in [5.74, 6) is 0.975. The van der Waals surface area contributed by atoms with Gasteiger partial charge in [-0.3, -0.25) is 4.40 Å². The summed E-state index contributed by atoms with van der Waals surface area (Å²) in [5, 5.41) is 4.82. The van der Waals surface area contributed by atoms with Crippen LogP contribution < -0.4 is 10.2 Å². The first kappa shape index (κ1) is 20.1. The topological polar surface area (TPSA) is 45.5 Å². The molecule has 0 amide bonds. The molecule has 1 spiro atoms. The van der Waals surface area contributed by atoms with Crippen molar-refractivity contribution in [2.45, 2.75) is 45.1 Å². The Morgan fingerprint density at radius 3 is 2.70 bits per heavy atom. The Labute approximate surface area is 187 Å². The highest BCUT2D eigenvalue weighted by atomic mass is 35.5. The second kappa shape index (κ2) is 7.70. The van der Waals surface area contributed by atoms with Crippen molar-refractivity contribution in [3.05, 3.63) is 46.3 Å². The predicted octanol–water partition coefficient (Wildman–Crippen LogP) is 5.37. The van der Waals surface area contributed by atoms with Crippen LogP contribution in [0.25, 0.3) is 16.8 Å². The van der Waals surface area contributed by atoms with Gasteiger partial charge in [-0.25, -0.2) is 9.97 Å². The fourth-order valence-corrected chi connectivity index (χ4v) is 6.14. The van der Waals surface area contributed by atoms with E-state index in [2.05, 4.69) is 26.6 Å². The van der Waals surface area contributed by atoms with Crippen molar-refractivity contribution in [1.82, 2.24) is 19.7 Å². The molecule has 1 saturated carbocycles. The number of benzene rings is 1. The van der Waals surface area contributed by atoms with Crippen molar-refractivity contribution in [3.63, 3.8) is 0 Å². The molecule has 1 aliphatic heterocycles. The molecule has 3 heterocycles. The summed E-state index contributed by atoms with van der Waals surface area (Å²) < 4.78 is 2.11. The standard InChI is InChI=1S/C23H27Cl2N5/c1-15-20(17-6-5-16(24)14-18(17)25)21-27-10-13-30(21)22(28-15)29-11-8-23(9-12-29)7-3-4-19(23)26-2/h5-6,10,13-14,19,26H,3-4,7-9,11-12H2,1-2H3/t19-/m1/s1. The number of nitrogens with one attached hydrogen (secondary N) is 1. The molecule has 5 nitrogen and oxygen atoms in total. The van der Waals surface area contributed by atoms with Gasteiger partial charge in [0.2, 0.25) is 5.95 Å². The molecule has 1 N–H and O–H groups in total. The van der Waals surface area contributed by atoms with Crippen LogP contribution in [-0.2, 0) is 0 Å². The van der Waals surface area contributed by atoms with E-state index in [4.69, 9.17) is 28.2 Å². The number of piperidine rings is 1. The maximum absolute atomic E-state index is 6.52. The van der Waals surface area contributed by atoms with Crippen LogP contribution in [0.2, 0.25) is 10.0 Å². The molecule has 2 fully saturated rings. The van der Waals surface area contributed by atoms with Gasteiger partial charge < -0.3 is 10.2 Å². The Hall–Kier alpha value is -1.82. The lowest BCUT2D eigenvalue weighted by atomic mass is 9.74. The maximum Gasteiger partial charge on any atom is 0.211 e. The van der Waals surface area contributed by atoms with Gasteiger partial charge in [-0.15, -0.1) is 0 Å². The first-order valence-corrected chi connectivity index (χ1v) is 11.5. The first-order valence-electron chi connectivity index (χ1n) is 10.7. The number of fused-ring (bicyclic) bond motifs is 1. The van der Waals surface area contributed by atoms with E-state index in [-0.39, 0.29) is 0 Å². The average molecular weight is 444 g/mol. The number of hydrogen-bond donors (Lipinski definition) is 1. The molecular weight excluding hydrogens is 417 g/mol. The Morgan fingerprint density at radius 1 is 1.17 bits per heavy atom. The monoisotopic (exact) mass is 443 g/mol. The van der Waals surface area contributed by atoms with Crippen LogP contribution in [0.3, 0.4) is 0 Å². The van der Waals surface area contributed by atoms with E-state index in [1.165, 1.54) is 32.1 Å². The number of halogens is 2. The molecule has 1 aliphatic carbocycles. The van der Waals surface area contributed by atoms with Gasteiger partial charge in [0.15, 0.2) is 0 Å². The first-order chi connectivity index (χ1) is 14.5. The largest absolute Gasteiger partial charge is 0.342 e. The van der Waals surface area contributed by atoms with Gasteiger partial charge >= 0.3 is 0 Å². The molecule has 1 aromatic carbocycles. The highest BCUT2D eigenvalue weighted by Crippen LogP contribution is 2.47. The highest BCUT2D eigenvalue weighted by Gasteiger charge is 2.44. The molecule has 3 aromatic rings. The molecule has 5 rings (SSSR count). The van der Waals surface area contributed by atoms with Gasteiger partial charge in [0.1, 0.15) is 5.65 Å². The van der Waals surface area contributed by atoms with E-state index in [0.717, 1.165) is 41.5 Å². The zero-order valence-electron chi connectivity index (χ0n) is 17.5. The summed E-state index contributed by atoms with van der Waals surface area (Å²) in [6.45, 7) is 4.09. The summed E-state index contributed by atoms with van der Waals surface area (Å²) in [6.07, 6.45) is 10.2. The summed E-state index contributed by atoms with van der Waals surface area (Å²) >= 11 is 12.6. The SMILES string of the molecule is CN[C@@H]1CCCC12CCN(c1nc(C)c(-c3ccc(Cl)cc3Cl)c3nccn13)CC2. The van der Waals surface area contributed by atoms with Gasteiger partial charge in [-0.05, 0) is 57.2 Å². The summed E-state index contributed by atoms with van der Waals surface area (Å²) in [7, 11) is 2.12. The van der Waals surface area contributed by atoms with E-state index < -0.39 is 0 Å². The zero-order chi connectivity index (χ0) is 20.9. The molecule has 30 heavy (non-hydrogen) atoms. The molecule has 1 atom stereocenters. The third kappa shape index (κ3) is 3.19. The third-order valence-corrected chi connectivity index (χ3v) is 7.75. The van der Waals surface area contributed by atoms with Crippen molar-refractivity contribution in [2.75, 3.05) is 25.0 Å². The molecule has 2 aliphatic rings. The van der Waals surface area contributed by atoms with Crippen LogP contribution >= 0.6 is 23.2 Å². The molecule has 0 radical (unpaired) electrons. The van der Waals surface area contributed by atoms with Gasteiger partial charge in [-0.2, -0.15) is 0 Å². The molecule has 1 saturated heterocycles. The van der Waals surface area contributed by atoms with Crippen LogP contribution in [-0.4, -0.2) is 40.5 Å². The van der Waals surface area contributed by atoms with Crippen LogP contribution in [0.5, 0.6) is 0 Å². The lowest BCUT2D eigenvalue weighted by Gasteiger charge is -2.43. The second-order valence-electron chi connectivity index (χ2n) is 8.70. The molecule has 2 aromatic heterocycles. The summed E-state index contributed by atoms with van der Waals surface area (Å²) in [6, 6.07) is 6.23. The fraction of sp³-hybridized carbons (Fsp3) is 0.478. The Balaban J connectivity index is 1.51. The van der Waals surface area contributed by atoms with E-state index in [0.29, 0.717) is 21.5 Å². The van der Waals surface area contributed by atoms with E-state index in [1.54, 1.807) is 6.07 Å². The van der Waals surface area contributed by atoms with E-state index in [9.17, 15) is 0 Å². The van der Waals surface area contributed by atoms with E-state index >= 15 is 0 Å². The number of aromatic nitrogens is 3. The summed E-state index contributed by atoms with van der Waals surface area (Å²) in [4.78, 5) is 12.1. The third-order valence-electron chi connectivity index (χ3n) is 7.21. The van der Waals surface area contributed by atoms with E-state index in [1.807, 2.05) is 31.5 Å². The van der Waals surface area contributed by atoms with Gasteiger partial charge in [-0.1, -0.05) is 35.7 Å². The molecule has 0 unspecified atom stereocenters. The smallest absolute Gasteiger partial charge is 0.211 e. The molecule has 0 bridgehead atoms. The van der Waals surface area contributed by atoms with Gasteiger partial charge in [0.05, 0.1) is 10.7 Å². The zero-order valence-corrected chi connectivity index (χ0v) is 19.0. The average Bonchev–Trinajstić information content (AvgIpc) is 3.36. The number of imidazole rings is 1. The van der Waals surface area contributed by atoms with Crippen LogP contribution in [0.4, 0.5) is 5.95 Å². The van der Waals surface area contributed by atoms with Crippen molar-refractivity contribution < 1.29 is 0 Å². The molecular formula is C23H27Cl2N5. The van der Waals surface area contributed by atoms with Crippen molar-refractivity contribution in [1.29, 1.82) is 0 Å². The van der Waals surface area contributed by atoms with Crippen LogP contribution in [0.1, 0.15) is 37.8 Å². The van der Waals surface area contributed by atoms with Crippen molar-refractivity contribution in [2.24, 2.45) is 5.41 Å². The Kier molecular flexibility index (Phi) is 5.16. The highest BCUT2D eigenvalue weighted by molar-refractivity contribution is 6.36. The quantitative estimate of drug-likeness (QED) is 0.590. The normalized spacial score (nSPS) is 21.1. The number of rotatable bonds is 3. The number of aryl methyl sites for hydroxylation is 1. The van der Waals surface area contributed by atoms with Crippen LogP contribution in [0, 0.1) is 12.3 Å². The van der Waals surface area contributed by atoms with Gasteiger partial charge in [0, 0.05) is 47.7 Å². The lowest BCUT2D eigenvalue weighted by Crippen LogP contribution is -2.48. The lowest BCUT2D eigenvalue weighted by molar-refractivity contribution is 0.177. The van der Waals surface area contributed by atoms with Crippen molar-refractivity contribution >= 4 is 34.8 Å². The molecule has 158 valence electrons. The fourth-order valence-electron chi connectivity index (χ4n) is 5.64. The predicted molar refractivity (Wildman–Crippen MR) is 124 cm³/mol. The minimum absolute atomic E-state index is 0.450. The number of anilines is 1. The minimum atomic E-state index is 0.450.